The van der Waals surface area contributed by atoms with Gasteiger partial charge in [-0.1, -0.05) is 24.8 Å². The van der Waals surface area contributed by atoms with E-state index in [9.17, 15) is 14.4 Å². The summed E-state index contributed by atoms with van der Waals surface area (Å²) in [6, 6.07) is 8.22. The lowest BCUT2D eigenvalue weighted by molar-refractivity contribution is -0.133. The first-order chi connectivity index (χ1) is 19.3. The molecule has 1 aromatic carbocycles. The van der Waals surface area contributed by atoms with Crippen LogP contribution in [-0.4, -0.2) is 60.9 Å². The van der Waals surface area contributed by atoms with Crippen molar-refractivity contribution in [1.82, 2.24) is 25.6 Å². The highest BCUT2D eigenvalue weighted by molar-refractivity contribution is 7.16. The zero-order valence-electron chi connectivity index (χ0n) is 23.6. The number of thiazole rings is 1. The van der Waals surface area contributed by atoms with Crippen molar-refractivity contribution in [2.45, 2.75) is 39.0 Å². The first kappa shape index (κ1) is 29.1. The van der Waals surface area contributed by atoms with Crippen molar-refractivity contribution < 1.29 is 9.18 Å². The Kier molecular flexibility index (Phi) is 9.42. The van der Waals surface area contributed by atoms with Gasteiger partial charge in [-0.05, 0) is 56.4 Å². The van der Waals surface area contributed by atoms with Gasteiger partial charge in [-0.25, -0.2) is 14.4 Å². The summed E-state index contributed by atoms with van der Waals surface area (Å²) in [6.07, 6.45) is 5.99. The maximum absolute atomic E-state index is 13.5. The van der Waals surface area contributed by atoms with E-state index in [-0.39, 0.29) is 17.7 Å². The van der Waals surface area contributed by atoms with E-state index in [0.29, 0.717) is 33.6 Å². The Bertz CT molecular complexity index is 1320. The van der Waals surface area contributed by atoms with Gasteiger partial charge in [0.05, 0.1) is 5.70 Å². The molecular formula is C29H37FN8OS. The van der Waals surface area contributed by atoms with Gasteiger partial charge in [-0.3, -0.25) is 15.2 Å². The Balaban J connectivity index is 1.53. The maximum atomic E-state index is 13.5. The number of hydrogen-bond acceptors (Lipinski definition) is 8. The highest BCUT2D eigenvalue weighted by Crippen LogP contribution is 2.34. The van der Waals surface area contributed by atoms with Crippen LogP contribution >= 0.6 is 11.3 Å². The molecule has 212 valence electrons. The van der Waals surface area contributed by atoms with Crippen molar-refractivity contribution in [3.8, 4) is 17.3 Å². The number of likely N-dealkylation sites (tertiary alicyclic amines) is 1. The summed E-state index contributed by atoms with van der Waals surface area (Å²) < 4.78 is 13.5. The predicted molar refractivity (Wildman–Crippen MR) is 158 cm³/mol. The Hall–Kier alpha value is -3.91. The minimum absolute atomic E-state index is 0.197. The molecule has 1 saturated heterocycles. The summed E-state index contributed by atoms with van der Waals surface area (Å²) >= 11 is 1.28. The Labute approximate surface area is 239 Å². The molecule has 1 amide bonds. The molecule has 1 aliphatic heterocycles. The number of nitriles is 1. The number of benzene rings is 1. The normalized spacial score (nSPS) is 16.6. The number of aliphatic imine (C=N–C) groups is 1. The number of nitrogens with zero attached hydrogens (tertiary/aromatic N) is 6. The van der Waals surface area contributed by atoms with Gasteiger partial charge in [-0.2, -0.15) is 5.26 Å². The maximum Gasteiger partial charge on any atom is 0.225 e. The van der Waals surface area contributed by atoms with Gasteiger partial charge in [0.1, 0.15) is 34.1 Å². The lowest BCUT2D eigenvalue weighted by Gasteiger charge is -2.36. The number of anilines is 1. The van der Waals surface area contributed by atoms with E-state index in [1.165, 1.54) is 23.5 Å². The standard InChI is InChI=1S/C29H37FN8OS/c1-6-23(35-37(5)26(33-7-2)20-14-16-38(17-15-20)28(39)21-8-9-21)27(32-3)36(4)29-34-25(24(18-31)40-29)19-10-12-22(30)13-11-19/h7,10-13,20-21,32,35H,2,6,8-9,14-17H2,1,3-5H3/b27-23+,33-26?. The Morgan fingerprint density at radius 1 is 1.25 bits per heavy atom. The highest BCUT2D eigenvalue weighted by Gasteiger charge is 2.36. The summed E-state index contributed by atoms with van der Waals surface area (Å²) in [5.41, 5.74) is 5.63. The third kappa shape index (κ3) is 6.45. The van der Waals surface area contributed by atoms with Crippen LogP contribution in [0.1, 0.15) is 43.9 Å². The number of hydrazine groups is 1. The summed E-state index contributed by atoms with van der Waals surface area (Å²) in [6.45, 7) is 7.37. The number of halogens is 1. The summed E-state index contributed by atoms with van der Waals surface area (Å²) in [7, 11) is 5.67. The lowest BCUT2D eigenvalue weighted by atomic mass is 9.95. The second kappa shape index (κ2) is 13.0. The van der Waals surface area contributed by atoms with Gasteiger partial charge < -0.3 is 15.1 Å². The molecule has 2 aromatic rings. The topological polar surface area (TPSA) is 99.9 Å². The Morgan fingerprint density at radius 2 is 1.93 bits per heavy atom. The van der Waals surface area contributed by atoms with Gasteiger partial charge in [0.25, 0.3) is 0 Å². The number of rotatable bonds is 10. The molecule has 2 aliphatic rings. The fourth-order valence-corrected chi connectivity index (χ4v) is 5.87. The molecule has 11 heteroatoms. The van der Waals surface area contributed by atoms with Crippen LogP contribution in [0, 0.1) is 29.0 Å². The number of nitrogens with one attached hydrogen (secondary N) is 2. The van der Waals surface area contributed by atoms with Crippen LogP contribution in [0.2, 0.25) is 0 Å². The van der Waals surface area contributed by atoms with E-state index >= 15 is 0 Å². The molecule has 0 atom stereocenters. The third-order valence-corrected chi connectivity index (χ3v) is 8.34. The second-order valence-corrected chi connectivity index (χ2v) is 11.0. The van der Waals surface area contributed by atoms with E-state index in [2.05, 4.69) is 35.3 Å². The SMILES string of the molecule is C=CN=C(C1CCN(C(=O)C2CC2)CC1)N(C)N/C(CC)=C(\NC)N(C)c1nc(-c2ccc(F)cc2)c(C#N)s1. The molecule has 0 unspecified atom stereocenters. The zero-order valence-corrected chi connectivity index (χ0v) is 24.4. The fraction of sp³-hybridized carbons (Fsp3) is 0.448. The fourth-order valence-electron chi connectivity index (χ4n) is 5.01. The first-order valence-corrected chi connectivity index (χ1v) is 14.4. The van der Waals surface area contributed by atoms with Crippen molar-refractivity contribution in [2.24, 2.45) is 16.8 Å². The number of amides is 1. The number of aromatic nitrogens is 1. The molecule has 4 rings (SSSR count). The minimum Gasteiger partial charge on any atom is -0.373 e. The van der Waals surface area contributed by atoms with E-state index in [1.807, 2.05) is 36.0 Å². The molecule has 1 saturated carbocycles. The lowest BCUT2D eigenvalue weighted by Crippen LogP contribution is -2.48. The number of allylic oxidation sites excluding steroid dienone is 1. The average molecular weight is 565 g/mol. The second-order valence-electron chi connectivity index (χ2n) is 10.00. The smallest absolute Gasteiger partial charge is 0.225 e. The van der Waals surface area contributed by atoms with Gasteiger partial charge >= 0.3 is 0 Å². The van der Waals surface area contributed by atoms with Crippen LogP contribution < -0.4 is 15.6 Å². The molecule has 1 aliphatic carbocycles. The van der Waals surface area contributed by atoms with Crippen LogP contribution in [0.3, 0.4) is 0 Å². The van der Waals surface area contributed by atoms with Crippen LogP contribution in [0.4, 0.5) is 9.52 Å². The monoisotopic (exact) mass is 564 g/mol. The predicted octanol–water partition coefficient (Wildman–Crippen LogP) is 4.68. The molecule has 2 N–H and O–H groups in total. The molecule has 9 nitrogen and oxygen atoms in total. The molecule has 0 bridgehead atoms. The van der Waals surface area contributed by atoms with Gasteiger partial charge in [0.2, 0.25) is 5.91 Å². The van der Waals surface area contributed by atoms with E-state index in [0.717, 1.165) is 56.1 Å². The molecule has 0 spiro atoms. The highest BCUT2D eigenvalue weighted by atomic mass is 32.1. The van der Waals surface area contributed by atoms with Gasteiger partial charge in [0.15, 0.2) is 5.13 Å². The van der Waals surface area contributed by atoms with Crippen molar-refractivity contribution in [3.63, 3.8) is 0 Å². The van der Waals surface area contributed by atoms with E-state index < -0.39 is 0 Å². The summed E-state index contributed by atoms with van der Waals surface area (Å²) in [5, 5.41) is 15.6. The van der Waals surface area contributed by atoms with Gasteiger partial charge in [-0.15, -0.1) is 0 Å². The molecule has 0 radical (unpaired) electrons. The van der Waals surface area contributed by atoms with Crippen molar-refractivity contribution in [3.05, 3.63) is 59.3 Å². The van der Waals surface area contributed by atoms with Crippen LogP contribution in [-0.2, 0) is 4.79 Å². The number of carbonyl (C=O) groups excluding carboxylic acids is 1. The van der Waals surface area contributed by atoms with Crippen LogP contribution in [0.25, 0.3) is 11.3 Å². The molecule has 2 fully saturated rings. The van der Waals surface area contributed by atoms with Crippen molar-refractivity contribution in [2.75, 3.05) is 39.1 Å². The van der Waals surface area contributed by atoms with E-state index in [1.54, 1.807) is 18.3 Å². The number of amidine groups is 1. The molecule has 40 heavy (non-hydrogen) atoms. The van der Waals surface area contributed by atoms with Crippen LogP contribution in [0.5, 0.6) is 0 Å². The molecular weight excluding hydrogens is 527 g/mol. The van der Waals surface area contributed by atoms with Crippen molar-refractivity contribution in [1.29, 1.82) is 5.26 Å². The number of carbonyl (C=O) groups is 1. The van der Waals surface area contributed by atoms with Crippen molar-refractivity contribution >= 4 is 28.2 Å². The summed E-state index contributed by atoms with van der Waals surface area (Å²) in [5.74, 6) is 2.07. The van der Waals surface area contributed by atoms with Crippen LogP contribution in [0.15, 0.2) is 53.6 Å². The zero-order chi connectivity index (χ0) is 28.8. The first-order valence-electron chi connectivity index (χ1n) is 13.6. The van der Waals surface area contributed by atoms with E-state index in [4.69, 9.17) is 4.98 Å². The number of hydrogen-bond donors (Lipinski definition) is 2. The largest absolute Gasteiger partial charge is 0.373 e. The summed E-state index contributed by atoms with van der Waals surface area (Å²) in [4.78, 5) is 26.2. The number of piperidine rings is 1. The Morgan fingerprint density at radius 3 is 2.48 bits per heavy atom. The minimum atomic E-state index is -0.338. The molecule has 2 heterocycles. The average Bonchev–Trinajstić information content (AvgIpc) is 3.74. The third-order valence-electron chi connectivity index (χ3n) is 7.30. The quantitative estimate of drug-likeness (QED) is 0.246. The molecule has 1 aromatic heterocycles. The van der Waals surface area contributed by atoms with Gasteiger partial charge in [0, 0.05) is 57.8 Å².